The minimum absolute atomic E-state index is 0.376. The summed E-state index contributed by atoms with van der Waals surface area (Å²) in [6.45, 7) is 3.49. The van der Waals surface area contributed by atoms with Crippen molar-refractivity contribution in [3.05, 3.63) is 29.3 Å². The summed E-state index contributed by atoms with van der Waals surface area (Å²) in [6.07, 6.45) is 6.08. The first-order valence-corrected chi connectivity index (χ1v) is 5.10. The molecular weight excluding hydrogens is 186 g/mol. The first kappa shape index (κ1) is 11.6. The molecule has 0 fully saturated rings. The molecule has 0 spiro atoms. The van der Waals surface area contributed by atoms with Crippen molar-refractivity contribution in [2.45, 2.75) is 19.9 Å². The number of phenols is 1. The Kier molecular flexibility index (Phi) is 4.20. The standard InChI is InChI=1S/C13H17NO/c1-4-8-14(3)10-11-6-7-13(15)12(5-2)9-11/h1,6-7,9,15H,5,8,10H2,2-3H3. The molecule has 0 aliphatic rings. The number of terminal acetylenes is 1. The number of hydrogen-bond acceptors (Lipinski definition) is 2. The molecule has 0 amide bonds. The van der Waals surface area contributed by atoms with Crippen molar-refractivity contribution in [3.8, 4) is 18.1 Å². The van der Waals surface area contributed by atoms with Crippen LogP contribution in [-0.2, 0) is 13.0 Å². The van der Waals surface area contributed by atoms with Crippen LogP contribution in [0.1, 0.15) is 18.1 Å². The molecule has 0 unspecified atom stereocenters. The highest BCUT2D eigenvalue weighted by Crippen LogP contribution is 2.19. The van der Waals surface area contributed by atoms with E-state index in [9.17, 15) is 5.11 Å². The molecule has 0 saturated heterocycles. The minimum Gasteiger partial charge on any atom is -0.508 e. The van der Waals surface area contributed by atoms with Crippen LogP contribution in [0.25, 0.3) is 0 Å². The topological polar surface area (TPSA) is 23.5 Å². The van der Waals surface area contributed by atoms with E-state index in [1.54, 1.807) is 6.07 Å². The predicted octanol–water partition coefficient (Wildman–Crippen LogP) is 2.02. The Hall–Kier alpha value is -1.46. The van der Waals surface area contributed by atoms with Crippen molar-refractivity contribution in [1.82, 2.24) is 4.90 Å². The van der Waals surface area contributed by atoms with Gasteiger partial charge in [-0.3, -0.25) is 4.90 Å². The molecule has 1 rings (SSSR count). The van der Waals surface area contributed by atoms with E-state index in [0.717, 1.165) is 18.5 Å². The van der Waals surface area contributed by atoms with Crippen molar-refractivity contribution >= 4 is 0 Å². The zero-order valence-corrected chi connectivity index (χ0v) is 9.33. The number of aryl methyl sites for hydroxylation is 1. The lowest BCUT2D eigenvalue weighted by atomic mass is 10.1. The van der Waals surface area contributed by atoms with Crippen LogP contribution in [0.15, 0.2) is 18.2 Å². The summed E-state index contributed by atoms with van der Waals surface area (Å²) in [5.41, 5.74) is 2.17. The maximum Gasteiger partial charge on any atom is 0.118 e. The Morgan fingerprint density at radius 3 is 2.80 bits per heavy atom. The predicted molar refractivity (Wildman–Crippen MR) is 62.7 cm³/mol. The highest BCUT2D eigenvalue weighted by Gasteiger charge is 2.02. The molecule has 0 atom stereocenters. The fourth-order valence-electron chi connectivity index (χ4n) is 1.54. The van der Waals surface area contributed by atoms with Crippen molar-refractivity contribution in [2.24, 2.45) is 0 Å². The third kappa shape index (κ3) is 3.30. The highest BCUT2D eigenvalue weighted by molar-refractivity contribution is 5.36. The lowest BCUT2D eigenvalue weighted by molar-refractivity contribution is 0.368. The summed E-state index contributed by atoms with van der Waals surface area (Å²) < 4.78 is 0. The molecule has 0 radical (unpaired) electrons. The van der Waals surface area contributed by atoms with Crippen molar-refractivity contribution in [1.29, 1.82) is 0 Å². The van der Waals surface area contributed by atoms with Crippen LogP contribution in [0.5, 0.6) is 5.75 Å². The molecule has 2 heteroatoms. The van der Waals surface area contributed by atoms with Crippen LogP contribution in [-0.4, -0.2) is 23.6 Å². The second-order valence-electron chi connectivity index (χ2n) is 3.69. The minimum atomic E-state index is 0.376. The second kappa shape index (κ2) is 5.43. The molecule has 0 saturated carbocycles. The number of phenolic OH excluding ortho intramolecular Hbond substituents is 1. The Bertz CT molecular complexity index is 365. The molecule has 0 bridgehead atoms. The molecule has 0 heterocycles. The maximum absolute atomic E-state index is 9.53. The van der Waals surface area contributed by atoms with Crippen LogP contribution >= 0.6 is 0 Å². The molecule has 15 heavy (non-hydrogen) atoms. The summed E-state index contributed by atoms with van der Waals surface area (Å²) in [5.74, 6) is 2.98. The third-order valence-electron chi connectivity index (χ3n) is 2.34. The zero-order chi connectivity index (χ0) is 11.3. The fraction of sp³-hybridized carbons (Fsp3) is 0.385. The summed E-state index contributed by atoms with van der Waals surface area (Å²) in [6, 6.07) is 5.71. The van der Waals surface area contributed by atoms with Crippen LogP contribution in [0, 0.1) is 12.3 Å². The summed E-state index contributed by atoms with van der Waals surface area (Å²) in [7, 11) is 1.98. The van der Waals surface area contributed by atoms with Gasteiger partial charge in [-0.1, -0.05) is 25.0 Å². The number of benzene rings is 1. The van der Waals surface area contributed by atoms with E-state index >= 15 is 0 Å². The van der Waals surface area contributed by atoms with Crippen LogP contribution in [0.4, 0.5) is 0 Å². The first-order valence-electron chi connectivity index (χ1n) is 5.10. The first-order chi connectivity index (χ1) is 7.17. The lowest BCUT2D eigenvalue weighted by Crippen LogP contribution is -2.17. The van der Waals surface area contributed by atoms with E-state index in [-0.39, 0.29) is 0 Å². The van der Waals surface area contributed by atoms with Crippen LogP contribution in [0.3, 0.4) is 0 Å². The number of nitrogens with zero attached hydrogens (tertiary/aromatic N) is 1. The molecule has 1 aromatic carbocycles. The van der Waals surface area contributed by atoms with Gasteiger partial charge >= 0.3 is 0 Å². The molecule has 1 aromatic rings. The SMILES string of the molecule is C#CCN(C)Cc1ccc(O)c(CC)c1. The maximum atomic E-state index is 9.53. The molecular formula is C13H17NO. The van der Waals surface area contributed by atoms with Gasteiger partial charge in [0.1, 0.15) is 5.75 Å². The van der Waals surface area contributed by atoms with Gasteiger partial charge in [0.25, 0.3) is 0 Å². The highest BCUT2D eigenvalue weighted by atomic mass is 16.3. The quantitative estimate of drug-likeness (QED) is 0.757. The number of rotatable bonds is 4. The summed E-state index contributed by atoms with van der Waals surface area (Å²) >= 11 is 0. The van der Waals surface area contributed by atoms with Gasteiger partial charge in [-0.25, -0.2) is 0 Å². The van der Waals surface area contributed by atoms with Gasteiger partial charge in [-0.2, -0.15) is 0 Å². The van der Waals surface area contributed by atoms with E-state index in [2.05, 4.69) is 10.8 Å². The van der Waals surface area contributed by atoms with Crippen molar-refractivity contribution in [2.75, 3.05) is 13.6 Å². The van der Waals surface area contributed by atoms with Gasteiger partial charge in [0, 0.05) is 6.54 Å². The van der Waals surface area contributed by atoms with E-state index in [4.69, 9.17) is 6.42 Å². The largest absolute Gasteiger partial charge is 0.508 e. The van der Waals surface area contributed by atoms with E-state index < -0.39 is 0 Å². The van der Waals surface area contributed by atoms with E-state index in [0.29, 0.717) is 12.3 Å². The van der Waals surface area contributed by atoms with Crippen molar-refractivity contribution in [3.63, 3.8) is 0 Å². The molecule has 0 aliphatic heterocycles. The van der Waals surface area contributed by atoms with Crippen molar-refractivity contribution < 1.29 is 5.11 Å². The molecule has 2 nitrogen and oxygen atoms in total. The monoisotopic (exact) mass is 203 g/mol. The summed E-state index contributed by atoms with van der Waals surface area (Å²) in [5, 5.41) is 9.53. The van der Waals surface area contributed by atoms with Gasteiger partial charge in [0.15, 0.2) is 0 Å². The third-order valence-corrected chi connectivity index (χ3v) is 2.34. The molecule has 0 aliphatic carbocycles. The molecule has 0 aromatic heterocycles. The van der Waals surface area contributed by atoms with Gasteiger partial charge in [-0.15, -0.1) is 6.42 Å². The van der Waals surface area contributed by atoms with E-state index in [1.165, 1.54) is 5.56 Å². The smallest absolute Gasteiger partial charge is 0.118 e. The molecule has 80 valence electrons. The van der Waals surface area contributed by atoms with Gasteiger partial charge in [0.2, 0.25) is 0 Å². The van der Waals surface area contributed by atoms with E-state index in [1.807, 2.05) is 26.1 Å². The van der Waals surface area contributed by atoms with Gasteiger partial charge in [-0.05, 0) is 30.7 Å². The average Bonchev–Trinajstić information content (AvgIpc) is 2.21. The molecule has 1 N–H and O–H groups in total. The fourth-order valence-corrected chi connectivity index (χ4v) is 1.54. The normalized spacial score (nSPS) is 10.3. The Morgan fingerprint density at radius 2 is 2.20 bits per heavy atom. The van der Waals surface area contributed by atoms with Crippen LogP contribution in [0.2, 0.25) is 0 Å². The van der Waals surface area contributed by atoms with Gasteiger partial charge < -0.3 is 5.11 Å². The Morgan fingerprint density at radius 1 is 1.47 bits per heavy atom. The summed E-state index contributed by atoms with van der Waals surface area (Å²) in [4.78, 5) is 2.06. The Balaban J connectivity index is 2.75. The second-order valence-corrected chi connectivity index (χ2v) is 3.69. The number of hydrogen-bond donors (Lipinski definition) is 1. The number of aromatic hydroxyl groups is 1. The zero-order valence-electron chi connectivity index (χ0n) is 9.33. The van der Waals surface area contributed by atoms with Gasteiger partial charge in [0.05, 0.1) is 6.54 Å². The Labute approximate surface area is 91.5 Å². The average molecular weight is 203 g/mol. The lowest BCUT2D eigenvalue weighted by Gasteiger charge is -2.14. The van der Waals surface area contributed by atoms with Crippen LogP contribution < -0.4 is 0 Å².